The molecular formula is C21H24FNO5S. The predicted octanol–water partition coefficient (Wildman–Crippen LogP) is 3.98. The van der Waals surface area contributed by atoms with Crippen molar-refractivity contribution in [3.63, 3.8) is 0 Å². The second-order valence-corrected chi connectivity index (χ2v) is 7.85. The van der Waals surface area contributed by atoms with Crippen molar-refractivity contribution in [2.45, 2.75) is 38.7 Å². The molecule has 3 rings (SSSR count). The number of halogens is 1. The fraction of sp³-hybridized carbons (Fsp3) is 0.429. The molecule has 0 saturated heterocycles. The molecule has 29 heavy (non-hydrogen) atoms. The zero-order valence-electron chi connectivity index (χ0n) is 16.5. The first-order chi connectivity index (χ1) is 14.0. The Balaban J connectivity index is 1.74. The van der Waals surface area contributed by atoms with E-state index in [1.165, 1.54) is 42.7 Å². The molecule has 6 nitrogen and oxygen atoms in total. The van der Waals surface area contributed by atoms with Gasteiger partial charge in [-0.05, 0) is 62.4 Å². The van der Waals surface area contributed by atoms with Crippen molar-refractivity contribution < 1.29 is 28.2 Å². The van der Waals surface area contributed by atoms with Crippen molar-refractivity contribution >= 4 is 28.2 Å². The van der Waals surface area contributed by atoms with Gasteiger partial charge in [0.15, 0.2) is 6.10 Å². The topological polar surface area (TPSA) is 73.9 Å². The number of carbonyl (C=O) groups excluding carboxylic acids is 2. The lowest BCUT2D eigenvalue weighted by Gasteiger charge is -2.15. The molecule has 2 aromatic rings. The molecule has 1 aliphatic carbocycles. The Morgan fingerprint density at radius 1 is 1.17 bits per heavy atom. The van der Waals surface area contributed by atoms with E-state index in [1.807, 2.05) is 0 Å². The van der Waals surface area contributed by atoms with E-state index in [1.54, 1.807) is 6.92 Å². The summed E-state index contributed by atoms with van der Waals surface area (Å²) in [5.74, 6) is -0.836. The molecule has 0 fully saturated rings. The van der Waals surface area contributed by atoms with Crippen LogP contribution in [0.15, 0.2) is 24.3 Å². The number of fused-ring (bicyclic) bond motifs is 1. The monoisotopic (exact) mass is 421 g/mol. The first kappa shape index (κ1) is 21.3. The SMILES string of the molecule is COCCOC(=O)c1c(NC(=O)[C@H](C)Oc2ccc(F)cc2)sc2c1CCCC2. The van der Waals surface area contributed by atoms with Gasteiger partial charge in [-0.3, -0.25) is 4.79 Å². The van der Waals surface area contributed by atoms with Gasteiger partial charge < -0.3 is 19.5 Å². The lowest BCUT2D eigenvalue weighted by Crippen LogP contribution is -2.30. The van der Waals surface area contributed by atoms with Gasteiger partial charge in [0, 0.05) is 12.0 Å². The van der Waals surface area contributed by atoms with Crippen molar-refractivity contribution in [1.29, 1.82) is 0 Å². The Bertz CT molecular complexity index is 865. The molecule has 0 saturated carbocycles. The van der Waals surface area contributed by atoms with Crippen LogP contribution in [-0.4, -0.2) is 38.3 Å². The van der Waals surface area contributed by atoms with Crippen LogP contribution in [0.25, 0.3) is 0 Å². The third kappa shape index (κ3) is 5.33. The largest absolute Gasteiger partial charge is 0.481 e. The first-order valence-corrected chi connectivity index (χ1v) is 10.3. The van der Waals surface area contributed by atoms with Gasteiger partial charge in [-0.1, -0.05) is 0 Å². The number of methoxy groups -OCH3 is 1. The molecule has 0 unspecified atom stereocenters. The number of rotatable bonds is 8. The summed E-state index contributed by atoms with van der Waals surface area (Å²) >= 11 is 1.41. The summed E-state index contributed by atoms with van der Waals surface area (Å²) in [5.41, 5.74) is 1.40. The number of hydrogen-bond acceptors (Lipinski definition) is 6. The second-order valence-electron chi connectivity index (χ2n) is 6.75. The van der Waals surface area contributed by atoms with Gasteiger partial charge in [0.25, 0.3) is 5.91 Å². The van der Waals surface area contributed by atoms with Crippen LogP contribution >= 0.6 is 11.3 Å². The van der Waals surface area contributed by atoms with Crippen LogP contribution in [0.3, 0.4) is 0 Å². The fourth-order valence-electron chi connectivity index (χ4n) is 3.14. The van der Waals surface area contributed by atoms with Crippen LogP contribution in [0.4, 0.5) is 9.39 Å². The molecule has 0 bridgehead atoms. The molecule has 1 aliphatic rings. The van der Waals surface area contributed by atoms with E-state index in [0.717, 1.165) is 36.1 Å². The standard InChI is InChI=1S/C21H24FNO5S/c1-13(28-15-9-7-14(22)8-10-15)19(24)23-20-18(21(25)27-12-11-26-2)16-5-3-4-6-17(16)29-20/h7-10,13H,3-6,11-12H2,1-2H3,(H,23,24)/t13-/m0/s1. The number of thiophene rings is 1. The number of carbonyl (C=O) groups is 2. The maximum atomic E-state index is 13.0. The molecule has 8 heteroatoms. The minimum absolute atomic E-state index is 0.150. The number of esters is 1. The molecule has 0 spiro atoms. The minimum Gasteiger partial charge on any atom is -0.481 e. The quantitative estimate of drug-likeness (QED) is 0.516. The number of ether oxygens (including phenoxy) is 3. The second kappa shape index (κ2) is 9.84. The van der Waals surface area contributed by atoms with E-state index < -0.39 is 12.1 Å². The Morgan fingerprint density at radius 2 is 1.90 bits per heavy atom. The molecule has 156 valence electrons. The number of nitrogens with one attached hydrogen (secondary N) is 1. The highest BCUT2D eigenvalue weighted by Gasteiger charge is 2.28. The van der Waals surface area contributed by atoms with Gasteiger partial charge >= 0.3 is 5.97 Å². The van der Waals surface area contributed by atoms with Crippen LogP contribution in [0.2, 0.25) is 0 Å². The Kier molecular flexibility index (Phi) is 7.22. The van der Waals surface area contributed by atoms with Gasteiger partial charge in [-0.25, -0.2) is 9.18 Å². The summed E-state index contributed by atoms with van der Waals surface area (Å²) in [7, 11) is 1.54. The molecule has 1 aromatic heterocycles. The average Bonchev–Trinajstić information content (AvgIpc) is 3.07. The van der Waals surface area contributed by atoms with E-state index in [-0.39, 0.29) is 18.3 Å². The van der Waals surface area contributed by atoms with Gasteiger partial charge in [-0.15, -0.1) is 11.3 Å². The zero-order chi connectivity index (χ0) is 20.8. The Hall–Kier alpha value is -2.45. The average molecular weight is 421 g/mol. The van der Waals surface area contributed by atoms with E-state index in [0.29, 0.717) is 22.9 Å². The van der Waals surface area contributed by atoms with Crippen molar-refractivity contribution in [1.82, 2.24) is 0 Å². The van der Waals surface area contributed by atoms with Crippen LogP contribution in [0.1, 0.15) is 40.6 Å². The van der Waals surface area contributed by atoms with Crippen molar-refractivity contribution in [2.75, 3.05) is 25.6 Å². The molecule has 1 aromatic carbocycles. The van der Waals surface area contributed by atoms with E-state index in [9.17, 15) is 14.0 Å². The molecule has 0 radical (unpaired) electrons. The lowest BCUT2D eigenvalue weighted by atomic mass is 9.95. The van der Waals surface area contributed by atoms with Crippen LogP contribution in [-0.2, 0) is 27.1 Å². The number of aryl methyl sites for hydroxylation is 1. The van der Waals surface area contributed by atoms with Gasteiger partial charge in [0.1, 0.15) is 23.2 Å². The van der Waals surface area contributed by atoms with Gasteiger partial charge in [0.2, 0.25) is 0 Å². The third-order valence-corrected chi connectivity index (χ3v) is 5.84. The maximum absolute atomic E-state index is 13.0. The Morgan fingerprint density at radius 3 is 2.62 bits per heavy atom. The summed E-state index contributed by atoms with van der Waals surface area (Å²) in [6.45, 7) is 2.06. The fourth-order valence-corrected chi connectivity index (χ4v) is 4.42. The van der Waals surface area contributed by atoms with Crippen LogP contribution in [0, 0.1) is 5.82 Å². The van der Waals surface area contributed by atoms with Crippen molar-refractivity contribution in [3.8, 4) is 5.75 Å². The zero-order valence-corrected chi connectivity index (χ0v) is 17.3. The van der Waals surface area contributed by atoms with Crippen molar-refractivity contribution in [2.24, 2.45) is 0 Å². The number of anilines is 1. The summed E-state index contributed by atoms with van der Waals surface area (Å²) in [6.07, 6.45) is 2.91. The maximum Gasteiger partial charge on any atom is 0.341 e. The summed E-state index contributed by atoms with van der Waals surface area (Å²) in [6, 6.07) is 5.45. The molecule has 1 heterocycles. The molecular weight excluding hydrogens is 397 g/mol. The number of benzene rings is 1. The Labute approximate surface area is 173 Å². The van der Waals surface area contributed by atoms with E-state index in [2.05, 4.69) is 5.32 Å². The van der Waals surface area contributed by atoms with E-state index >= 15 is 0 Å². The number of hydrogen-bond donors (Lipinski definition) is 1. The predicted molar refractivity (Wildman–Crippen MR) is 108 cm³/mol. The normalized spacial score (nSPS) is 14.0. The van der Waals surface area contributed by atoms with E-state index in [4.69, 9.17) is 14.2 Å². The highest BCUT2D eigenvalue weighted by atomic mass is 32.1. The van der Waals surface area contributed by atoms with Gasteiger partial charge in [-0.2, -0.15) is 0 Å². The summed E-state index contributed by atoms with van der Waals surface area (Å²) in [4.78, 5) is 26.4. The first-order valence-electron chi connectivity index (χ1n) is 9.53. The minimum atomic E-state index is -0.822. The van der Waals surface area contributed by atoms with Crippen LogP contribution < -0.4 is 10.1 Å². The molecule has 1 atom stereocenters. The molecule has 1 N–H and O–H groups in total. The highest BCUT2D eigenvalue weighted by molar-refractivity contribution is 7.17. The van der Waals surface area contributed by atoms with Gasteiger partial charge in [0.05, 0.1) is 12.2 Å². The number of amides is 1. The lowest BCUT2D eigenvalue weighted by molar-refractivity contribution is -0.122. The molecule has 0 aliphatic heterocycles. The third-order valence-electron chi connectivity index (χ3n) is 4.63. The smallest absolute Gasteiger partial charge is 0.341 e. The highest BCUT2D eigenvalue weighted by Crippen LogP contribution is 2.38. The summed E-state index contributed by atoms with van der Waals surface area (Å²) in [5, 5.41) is 3.30. The summed E-state index contributed by atoms with van der Waals surface area (Å²) < 4.78 is 28.8. The van der Waals surface area contributed by atoms with Crippen LogP contribution in [0.5, 0.6) is 5.75 Å². The van der Waals surface area contributed by atoms with Crippen molar-refractivity contribution in [3.05, 3.63) is 46.1 Å². The molecule has 1 amide bonds.